The zero-order valence-electron chi connectivity index (χ0n) is 10.6. The molecule has 7 heteroatoms. The van der Waals surface area contributed by atoms with Crippen molar-refractivity contribution in [1.29, 1.82) is 0 Å². The van der Waals surface area contributed by atoms with Crippen LogP contribution in [0.3, 0.4) is 0 Å². The van der Waals surface area contributed by atoms with Gasteiger partial charge < -0.3 is 10.2 Å². The van der Waals surface area contributed by atoms with Gasteiger partial charge in [0.15, 0.2) is 5.69 Å². The molecule has 0 bridgehead atoms. The minimum Gasteiger partial charge on any atom is -0.481 e. The van der Waals surface area contributed by atoms with Gasteiger partial charge in [0.2, 0.25) is 0 Å². The Kier molecular flexibility index (Phi) is 4.09. The van der Waals surface area contributed by atoms with Gasteiger partial charge in [-0.05, 0) is 5.56 Å². The summed E-state index contributed by atoms with van der Waals surface area (Å²) in [6.07, 6.45) is 0.208. The molecule has 1 heterocycles. The molecule has 2 aromatic rings. The van der Waals surface area contributed by atoms with Crippen LogP contribution in [0.1, 0.15) is 28.2 Å². The van der Waals surface area contributed by atoms with E-state index in [1.54, 1.807) is 0 Å². The van der Waals surface area contributed by atoms with Crippen molar-refractivity contribution in [3.8, 4) is 0 Å². The van der Waals surface area contributed by atoms with E-state index in [1.807, 2.05) is 30.3 Å². The van der Waals surface area contributed by atoms with E-state index in [0.717, 1.165) is 5.56 Å². The number of aliphatic carboxylic acids is 1. The molecular weight excluding hydrogens is 262 g/mol. The van der Waals surface area contributed by atoms with Gasteiger partial charge in [-0.15, -0.1) is 5.10 Å². The molecule has 0 radical (unpaired) electrons. The third kappa shape index (κ3) is 3.19. The van der Waals surface area contributed by atoms with Crippen LogP contribution in [-0.4, -0.2) is 37.1 Å². The average molecular weight is 275 g/mol. The summed E-state index contributed by atoms with van der Waals surface area (Å²) in [4.78, 5) is 21.7. The highest BCUT2D eigenvalue weighted by Crippen LogP contribution is 2.13. The van der Waals surface area contributed by atoms with Gasteiger partial charge in [-0.25, -0.2) is 9.48 Å². The molecule has 2 rings (SSSR count). The van der Waals surface area contributed by atoms with E-state index in [2.05, 4.69) is 10.3 Å². The Balaban J connectivity index is 2.29. The second kappa shape index (κ2) is 5.96. The first kappa shape index (κ1) is 13.7. The maximum atomic E-state index is 11.1. The van der Waals surface area contributed by atoms with Gasteiger partial charge in [0.05, 0.1) is 18.7 Å². The van der Waals surface area contributed by atoms with Crippen LogP contribution in [0.4, 0.5) is 0 Å². The lowest BCUT2D eigenvalue weighted by Gasteiger charge is -2.06. The Bertz CT molecular complexity index is 622. The lowest BCUT2D eigenvalue weighted by molar-refractivity contribution is -0.137. The van der Waals surface area contributed by atoms with Gasteiger partial charge in [-0.3, -0.25) is 4.79 Å². The monoisotopic (exact) mass is 275 g/mol. The first-order valence-electron chi connectivity index (χ1n) is 5.99. The molecule has 0 unspecified atom stereocenters. The van der Waals surface area contributed by atoms with Crippen molar-refractivity contribution in [2.75, 3.05) is 0 Å². The molecule has 7 nitrogen and oxygen atoms in total. The zero-order chi connectivity index (χ0) is 14.5. The first-order chi connectivity index (χ1) is 9.58. The Morgan fingerprint density at radius 1 is 1.15 bits per heavy atom. The summed E-state index contributed by atoms with van der Waals surface area (Å²) < 4.78 is 1.34. The largest absolute Gasteiger partial charge is 0.481 e. The number of aromatic nitrogens is 3. The van der Waals surface area contributed by atoms with E-state index >= 15 is 0 Å². The molecule has 0 aliphatic heterocycles. The number of aryl methyl sites for hydroxylation is 1. The van der Waals surface area contributed by atoms with E-state index in [0.29, 0.717) is 12.1 Å². The van der Waals surface area contributed by atoms with E-state index in [1.165, 1.54) is 4.68 Å². The topological polar surface area (TPSA) is 105 Å². The predicted molar refractivity (Wildman–Crippen MR) is 68.5 cm³/mol. The second-order valence-corrected chi connectivity index (χ2v) is 4.22. The SMILES string of the molecule is O=C(O)CCn1nnc(C(=O)O)c1Cc1ccccc1. The lowest BCUT2D eigenvalue weighted by atomic mass is 10.1. The molecule has 0 spiro atoms. The van der Waals surface area contributed by atoms with Gasteiger partial charge in [-0.2, -0.15) is 0 Å². The van der Waals surface area contributed by atoms with Crippen LogP contribution in [-0.2, 0) is 17.8 Å². The van der Waals surface area contributed by atoms with Gasteiger partial charge >= 0.3 is 11.9 Å². The number of hydrogen-bond acceptors (Lipinski definition) is 4. The van der Waals surface area contributed by atoms with Crippen molar-refractivity contribution in [2.45, 2.75) is 19.4 Å². The van der Waals surface area contributed by atoms with Crippen molar-refractivity contribution >= 4 is 11.9 Å². The zero-order valence-corrected chi connectivity index (χ0v) is 10.6. The number of aromatic carboxylic acids is 1. The maximum absolute atomic E-state index is 11.1. The Morgan fingerprint density at radius 3 is 2.45 bits per heavy atom. The van der Waals surface area contributed by atoms with Crippen LogP contribution in [0.2, 0.25) is 0 Å². The molecule has 0 amide bonds. The first-order valence-corrected chi connectivity index (χ1v) is 5.99. The molecule has 0 fully saturated rings. The number of carboxylic acids is 2. The fourth-order valence-electron chi connectivity index (χ4n) is 1.84. The highest BCUT2D eigenvalue weighted by atomic mass is 16.4. The van der Waals surface area contributed by atoms with Gasteiger partial charge in [0.25, 0.3) is 0 Å². The number of carboxylic acid groups (broad SMARTS) is 2. The standard InChI is InChI=1S/C13H13N3O4/c17-11(18)6-7-16-10(12(13(19)20)14-15-16)8-9-4-2-1-3-5-9/h1-5H,6-8H2,(H,17,18)(H,19,20). The minimum atomic E-state index is -1.17. The Morgan fingerprint density at radius 2 is 1.85 bits per heavy atom. The highest BCUT2D eigenvalue weighted by Gasteiger charge is 2.19. The molecule has 1 aromatic heterocycles. The lowest BCUT2D eigenvalue weighted by Crippen LogP contribution is -2.11. The number of carbonyl (C=O) groups is 2. The normalized spacial score (nSPS) is 10.4. The molecule has 0 atom stereocenters. The number of nitrogens with zero attached hydrogens (tertiary/aromatic N) is 3. The number of benzene rings is 1. The van der Waals surface area contributed by atoms with Gasteiger partial charge in [0, 0.05) is 6.42 Å². The minimum absolute atomic E-state index is 0.0950. The molecule has 20 heavy (non-hydrogen) atoms. The van der Waals surface area contributed by atoms with Crippen LogP contribution >= 0.6 is 0 Å². The van der Waals surface area contributed by atoms with Crippen molar-refractivity contribution in [3.63, 3.8) is 0 Å². The highest BCUT2D eigenvalue weighted by molar-refractivity contribution is 5.86. The average Bonchev–Trinajstić information content (AvgIpc) is 2.80. The van der Waals surface area contributed by atoms with E-state index < -0.39 is 11.9 Å². The molecule has 0 saturated carbocycles. The smallest absolute Gasteiger partial charge is 0.358 e. The van der Waals surface area contributed by atoms with Crippen molar-refractivity contribution in [3.05, 3.63) is 47.3 Å². The van der Waals surface area contributed by atoms with E-state index in [9.17, 15) is 9.59 Å². The van der Waals surface area contributed by atoms with Crippen molar-refractivity contribution in [2.24, 2.45) is 0 Å². The summed E-state index contributed by atoms with van der Waals surface area (Å²) in [6.45, 7) is 0.0950. The third-order valence-electron chi connectivity index (χ3n) is 2.79. The fraction of sp³-hybridized carbons (Fsp3) is 0.231. The quantitative estimate of drug-likeness (QED) is 0.816. The number of rotatable bonds is 6. The van der Waals surface area contributed by atoms with Crippen LogP contribution in [0.25, 0.3) is 0 Å². The van der Waals surface area contributed by atoms with Gasteiger partial charge in [-0.1, -0.05) is 35.5 Å². The van der Waals surface area contributed by atoms with Crippen molar-refractivity contribution < 1.29 is 19.8 Å². The summed E-state index contributed by atoms with van der Waals surface area (Å²) in [6, 6.07) is 9.28. The summed E-state index contributed by atoms with van der Waals surface area (Å²) in [7, 11) is 0. The predicted octanol–water partition coefficient (Wildman–Crippen LogP) is 1.04. The molecule has 104 valence electrons. The second-order valence-electron chi connectivity index (χ2n) is 4.22. The number of hydrogen-bond donors (Lipinski definition) is 2. The molecule has 0 aliphatic carbocycles. The summed E-state index contributed by atoms with van der Waals surface area (Å²) >= 11 is 0. The van der Waals surface area contributed by atoms with E-state index in [-0.39, 0.29) is 18.7 Å². The van der Waals surface area contributed by atoms with Crippen LogP contribution < -0.4 is 0 Å². The Labute approximate surface area is 114 Å². The molecular formula is C13H13N3O4. The molecule has 2 N–H and O–H groups in total. The molecule has 0 saturated heterocycles. The van der Waals surface area contributed by atoms with Crippen LogP contribution in [0.5, 0.6) is 0 Å². The van der Waals surface area contributed by atoms with Crippen LogP contribution in [0, 0.1) is 0 Å². The third-order valence-corrected chi connectivity index (χ3v) is 2.79. The summed E-state index contributed by atoms with van der Waals surface area (Å²) in [5.74, 6) is -2.14. The molecule has 0 aliphatic rings. The maximum Gasteiger partial charge on any atom is 0.358 e. The Hall–Kier alpha value is -2.70. The van der Waals surface area contributed by atoms with Crippen LogP contribution in [0.15, 0.2) is 30.3 Å². The fourth-order valence-corrected chi connectivity index (χ4v) is 1.84. The van der Waals surface area contributed by atoms with Gasteiger partial charge in [0.1, 0.15) is 0 Å². The summed E-state index contributed by atoms with van der Waals surface area (Å²) in [5.41, 5.74) is 1.18. The molecule has 1 aromatic carbocycles. The summed E-state index contributed by atoms with van der Waals surface area (Å²) in [5, 5.41) is 25.1. The van der Waals surface area contributed by atoms with Crippen molar-refractivity contribution in [1.82, 2.24) is 15.0 Å². The van der Waals surface area contributed by atoms with E-state index in [4.69, 9.17) is 10.2 Å².